The minimum Gasteiger partial charge on any atom is -0.348 e. The first-order valence-electron chi connectivity index (χ1n) is 8.58. The molecule has 3 fully saturated rings. The highest BCUT2D eigenvalue weighted by Gasteiger charge is 2.34. The van der Waals surface area contributed by atoms with Gasteiger partial charge in [-0.05, 0) is 67.2 Å². The van der Waals surface area contributed by atoms with Gasteiger partial charge in [-0.15, -0.1) is 0 Å². The van der Waals surface area contributed by atoms with Crippen molar-refractivity contribution in [3.8, 4) is 11.1 Å². The quantitative estimate of drug-likeness (QED) is 0.939. The van der Waals surface area contributed by atoms with Crippen LogP contribution >= 0.6 is 0 Å². The molecule has 1 amide bonds. The lowest BCUT2D eigenvalue weighted by atomic mass is 9.84. The molecule has 1 atom stereocenters. The number of hydrogen-bond donors (Lipinski definition) is 1. The second kappa shape index (κ2) is 6.36. The lowest BCUT2D eigenvalue weighted by Crippen LogP contribution is -2.57. The Morgan fingerprint density at radius 1 is 1.04 bits per heavy atom. The molecule has 2 bridgehead atoms. The third-order valence-corrected chi connectivity index (χ3v) is 5.26. The van der Waals surface area contributed by atoms with E-state index in [0.717, 1.165) is 30.8 Å². The Hall–Kier alpha value is -2.20. The van der Waals surface area contributed by atoms with E-state index in [1.165, 1.54) is 25.0 Å². The smallest absolute Gasteiger partial charge is 0.251 e. The Kier molecular flexibility index (Phi) is 4.07. The Morgan fingerprint density at radius 3 is 2.42 bits per heavy atom. The summed E-state index contributed by atoms with van der Waals surface area (Å²) < 4.78 is 13.4. The highest BCUT2D eigenvalue weighted by atomic mass is 19.1. The van der Waals surface area contributed by atoms with Crippen LogP contribution in [0, 0.1) is 11.7 Å². The zero-order chi connectivity index (χ0) is 16.5. The van der Waals surface area contributed by atoms with Crippen LogP contribution in [0.2, 0.25) is 0 Å². The van der Waals surface area contributed by atoms with E-state index in [-0.39, 0.29) is 17.8 Å². The van der Waals surface area contributed by atoms with Gasteiger partial charge < -0.3 is 10.2 Å². The first-order chi connectivity index (χ1) is 11.7. The van der Waals surface area contributed by atoms with Crippen molar-refractivity contribution in [2.24, 2.45) is 5.92 Å². The zero-order valence-corrected chi connectivity index (χ0v) is 13.5. The van der Waals surface area contributed by atoms with E-state index in [1.807, 2.05) is 30.3 Å². The van der Waals surface area contributed by atoms with Gasteiger partial charge in [-0.25, -0.2) is 4.39 Å². The van der Waals surface area contributed by atoms with Gasteiger partial charge in [-0.2, -0.15) is 0 Å². The predicted octanol–water partition coefficient (Wildman–Crippen LogP) is 3.32. The SMILES string of the molecule is O=C(NC1CN2CCC1CC2)c1cccc(-c2cccc(F)c2)c1. The number of carbonyl (C=O) groups excluding carboxylic acids is 1. The van der Waals surface area contributed by atoms with Crippen LogP contribution in [0.15, 0.2) is 48.5 Å². The van der Waals surface area contributed by atoms with Crippen LogP contribution in [0.5, 0.6) is 0 Å². The fourth-order valence-corrected chi connectivity index (χ4v) is 3.89. The van der Waals surface area contributed by atoms with Gasteiger partial charge in [-0.3, -0.25) is 4.79 Å². The fourth-order valence-electron chi connectivity index (χ4n) is 3.89. The number of rotatable bonds is 3. The highest BCUT2D eigenvalue weighted by molar-refractivity contribution is 5.95. The lowest BCUT2D eigenvalue weighted by molar-refractivity contribution is 0.0620. The molecule has 3 aliphatic rings. The van der Waals surface area contributed by atoms with E-state index in [0.29, 0.717) is 11.5 Å². The summed E-state index contributed by atoms with van der Waals surface area (Å²) >= 11 is 0. The second-order valence-electron chi connectivity index (χ2n) is 6.81. The van der Waals surface area contributed by atoms with Crippen LogP contribution < -0.4 is 5.32 Å². The molecule has 2 aromatic carbocycles. The van der Waals surface area contributed by atoms with E-state index in [1.54, 1.807) is 6.07 Å². The Balaban J connectivity index is 1.52. The second-order valence-corrected chi connectivity index (χ2v) is 6.81. The molecule has 0 spiro atoms. The van der Waals surface area contributed by atoms with Crippen molar-refractivity contribution in [3.63, 3.8) is 0 Å². The zero-order valence-electron chi connectivity index (χ0n) is 13.5. The molecule has 3 heterocycles. The number of halogens is 1. The van der Waals surface area contributed by atoms with Crippen molar-refractivity contribution in [1.82, 2.24) is 10.2 Å². The molecule has 4 heteroatoms. The maximum Gasteiger partial charge on any atom is 0.251 e. The molecule has 1 unspecified atom stereocenters. The van der Waals surface area contributed by atoms with Gasteiger partial charge in [0.25, 0.3) is 5.91 Å². The molecule has 124 valence electrons. The van der Waals surface area contributed by atoms with E-state index in [2.05, 4.69) is 10.2 Å². The molecule has 0 aromatic heterocycles. The van der Waals surface area contributed by atoms with Crippen molar-refractivity contribution in [1.29, 1.82) is 0 Å². The summed E-state index contributed by atoms with van der Waals surface area (Å²) in [6.07, 6.45) is 2.35. The van der Waals surface area contributed by atoms with Gasteiger partial charge >= 0.3 is 0 Å². The molecule has 0 saturated carbocycles. The monoisotopic (exact) mass is 324 g/mol. The largest absolute Gasteiger partial charge is 0.348 e. The van der Waals surface area contributed by atoms with E-state index in [4.69, 9.17) is 0 Å². The summed E-state index contributed by atoms with van der Waals surface area (Å²) in [6, 6.07) is 14.1. The summed E-state index contributed by atoms with van der Waals surface area (Å²) in [5.41, 5.74) is 2.27. The summed E-state index contributed by atoms with van der Waals surface area (Å²) in [4.78, 5) is 15.1. The maximum absolute atomic E-state index is 13.4. The van der Waals surface area contributed by atoms with Gasteiger partial charge in [0, 0.05) is 18.2 Å². The van der Waals surface area contributed by atoms with Crippen molar-refractivity contribution < 1.29 is 9.18 Å². The number of piperidine rings is 3. The molecular weight excluding hydrogens is 303 g/mol. The van der Waals surface area contributed by atoms with Crippen molar-refractivity contribution >= 4 is 5.91 Å². The number of amides is 1. The minimum atomic E-state index is -0.269. The topological polar surface area (TPSA) is 32.3 Å². The van der Waals surface area contributed by atoms with Gasteiger partial charge in [0.15, 0.2) is 0 Å². The molecule has 5 rings (SSSR count). The molecule has 0 radical (unpaired) electrons. The average Bonchev–Trinajstić information content (AvgIpc) is 2.63. The molecule has 24 heavy (non-hydrogen) atoms. The molecule has 3 aliphatic heterocycles. The minimum absolute atomic E-state index is 0.0352. The third-order valence-electron chi connectivity index (χ3n) is 5.26. The Labute approximate surface area is 141 Å². The first kappa shape index (κ1) is 15.3. The maximum atomic E-state index is 13.4. The Bertz CT molecular complexity index is 753. The number of nitrogens with one attached hydrogen (secondary N) is 1. The highest BCUT2D eigenvalue weighted by Crippen LogP contribution is 2.28. The third kappa shape index (κ3) is 3.06. The fraction of sp³-hybridized carbons (Fsp3) is 0.350. The molecule has 3 nitrogen and oxygen atoms in total. The van der Waals surface area contributed by atoms with Crippen LogP contribution in [0.25, 0.3) is 11.1 Å². The van der Waals surface area contributed by atoms with Crippen molar-refractivity contribution in [3.05, 3.63) is 59.9 Å². The van der Waals surface area contributed by atoms with E-state index in [9.17, 15) is 9.18 Å². The molecule has 3 saturated heterocycles. The van der Waals surface area contributed by atoms with Gasteiger partial charge in [-0.1, -0.05) is 24.3 Å². The van der Waals surface area contributed by atoms with Crippen LogP contribution in [-0.2, 0) is 0 Å². The number of fused-ring (bicyclic) bond motifs is 3. The number of nitrogens with zero attached hydrogens (tertiary/aromatic N) is 1. The lowest BCUT2D eigenvalue weighted by Gasteiger charge is -2.44. The average molecular weight is 324 g/mol. The van der Waals surface area contributed by atoms with Crippen molar-refractivity contribution in [2.45, 2.75) is 18.9 Å². The number of benzene rings is 2. The van der Waals surface area contributed by atoms with Crippen LogP contribution in [0.4, 0.5) is 4.39 Å². The molecule has 2 aromatic rings. The van der Waals surface area contributed by atoms with E-state index < -0.39 is 0 Å². The number of carbonyl (C=O) groups is 1. The molecule has 1 N–H and O–H groups in total. The normalized spacial score (nSPS) is 25.5. The van der Waals surface area contributed by atoms with Crippen LogP contribution in [-0.4, -0.2) is 36.5 Å². The van der Waals surface area contributed by atoms with E-state index >= 15 is 0 Å². The standard InChI is InChI=1S/C20H21FN2O/c21-18-6-2-4-16(12-18)15-3-1-5-17(11-15)20(24)22-19-13-23-9-7-14(19)8-10-23/h1-6,11-12,14,19H,7-10,13H2,(H,22,24). The molecule has 0 aliphatic carbocycles. The van der Waals surface area contributed by atoms with Crippen molar-refractivity contribution in [2.75, 3.05) is 19.6 Å². The Morgan fingerprint density at radius 2 is 1.75 bits per heavy atom. The summed E-state index contributed by atoms with van der Waals surface area (Å²) in [7, 11) is 0. The van der Waals surface area contributed by atoms with Crippen LogP contribution in [0.1, 0.15) is 23.2 Å². The summed E-state index contributed by atoms with van der Waals surface area (Å²) in [5.74, 6) is 0.298. The summed E-state index contributed by atoms with van der Waals surface area (Å²) in [6.45, 7) is 3.28. The van der Waals surface area contributed by atoms with Gasteiger partial charge in [0.1, 0.15) is 5.82 Å². The van der Waals surface area contributed by atoms with Gasteiger partial charge in [0.05, 0.1) is 0 Å². The predicted molar refractivity (Wildman–Crippen MR) is 92.3 cm³/mol. The first-order valence-corrected chi connectivity index (χ1v) is 8.58. The molecular formula is C20H21FN2O. The van der Waals surface area contributed by atoms with Crippen LogP contribution in [0.3, 0.4) is 0 Å². The van der Waals surface area contributed by atoms with Gasteiger partial charge in [0.2, 0.25) is 0 Å². The number of hydrogen-bond acceptors (Lipinski definition) is 2. The summed E-state index contributed by atoms with van der Waals surface area (Å²) in [5, 5.41) is 3.20.